The quantitative estimate of drug-likeness (QED) is 0.938. The molecule has 5 heteroatoms. The molecule has 0 radical (unpaired) electrons. The summed E-state index contributed by atoms with van der Waals surface area (Å²) in [5, 5.41) is 7.20. The molecule has 1 aliphatic rings. The van der Waals surface area contributed by atoms with E-state index in [1.54, 1.807) is 12.1 Å². The van der Waals surface area contributed by atoms with Gasteiger partial charge in [-0.15, -0.1) is 0 Å². The Kier molecular flexibility index (Phi) is 4.03. The molecule has 1 atom stereocenters. The fourth-order valence-corrected chi connectivity index (χ4v) is 2.97. The molecule has 2 heterocycles. The van der Waals surface area contributed by atoms with Crippen LogP contribution < -0.4 is 0 Å². The zero-order chi connectivity index (χ0) is 14.8. The van der Waals surface area contributed by atoms with Gasteiger partial charge >= 0.3 is 0 Å². The average Bonchev–Trinajstić information content (AvgIpc) is 3.09. The largest absolute Gasteiger partial charge is 0.305 e. The summed E-state index contributed by atoms with van der Waals surface area (Å²) in [6.45, 7) is 3.12. The van der Waals surface area contributed by atoms with Crippen LogP contribution in [0.1, 0.15) is 12.0 Å². The maximum atomic E-state index is 13.0. The van der Waals surface area contributed by atoms with Crippen molar-refractivity contribution in [1.82, 2.24) is 20.0 Å². The van der Waals surface area contributed by atoms with Crippen LogP contribution in [0.4, 0.5) is 4.39 Å². The van der Waals surface area contributed by atoms with Crippen LogP contribution in [0, 0.1) is 5.82 Å². The van der Waals surface area contributed by atoms with Gasteiger partial charge < -0.3 is 4.90 Å². The Morgan fingerprint density at radius 1 is 1.38 bits per heavy atom. The minimum atomic E-state index is -0.217. The first-order valence-corrected chi connectivity index (χ1v) is 7.30. The Morgan fingerprint density at radius 2 is 2.14 bits per heavy atom. The number of benzene rings is 1. The molecule has 4 nitrogen and oxygen atoms in total. The third-order valence-electron chi connectivity index (χ3n) is 4.26. The van der Waals surface area contributed by atoms with Gasteiger partial charge in [-0.05, 0) is 51.3 Å². The second kappa shape index (κ2) is 5.95. The van der Waals surface area contributed by atoms with E-state index in [-0.39, 0.29) is 5.82 Å². The molecule has 0 spiro atoms. The Bertz CT molecular complexity index is 593. The lowest BCUT2D eigenvalue weighted by Crippen LogP contribution is -2.33. The maximum Gasteiger partial charge on any atom is 0.123 e. The fourth-order valence-electron chi connectivity index (χ4n) is 2.97. The summed E-state index contributed by atoms with van der Waals surface area (Å²) in [6.07, 6.45) is 3.07. The highest BCUT2D eigenvalue weighted by molar-refractivity contribution is 5.62. The van der Waals surface area contributed by atoms with Crippen LogP contribution in [0.2, 0.25) is 0 Å². The van der Waals surface area contributed by atoms with Crippen LogP contribution >= 0.6 is 0 Å². The highest BCUT2D eigenvalue weighted by atomic mass is 19.1. The van der Waals surface area contributed by atoms with Crippen LogP contribution in [0.3, 0.4) is 0 Å². The second-order valence-corrected chi connectivity index (χ2v) is 5.90. The van der Waals surface area contributed by atoms with Crippen LogP contribution in [-0.4, -0.2) is 53.2 Å². The number of hydrogen-bond donors (Lipinski definition) is 1. The van der Waals surface area contributed by atoms with E-state index in [1.807, 2.05) is 6.20 Å². The van der Waals surface area contributed by atoms with Gasteiger partial charge in [0.1, 0.15) is 5.82 Å². The van der Waals surface area contributed by atoms with Gasteiger partial charge in [-0.25, -0.2) is 4.39 Å². The smallest absolute Gasteiger partial charge is 0.123 e. The number of hydrogen-bond acceptors (Lipinski definition) is 3. The van der Waals surface area contributed by atoms with Crippen molar-refractivity contribution in [3.63, 3.8) is 0 Å². The van der Waals surface area contributed by atoms with E-state index in [1.165, 1.54) is 18.6 Å². The van der Waals surface area contributed by atoms with E-state index in [4.69, 9.17) is 0 Å². The summed E-state index contributed by atoms with van der Waals surface area (Å²) in [5.74, 6) is -0.217. The lowest BCUT2D eigenvalue weighted by Gasteiger charge is -2.24. The third-order valence-corrected chi connectivity index (χ3v) is 4.26. The molecule has 21 heavy (non-hydrogen) atoms. The molecule has 1 aromatic heterocycles. The summed E-state index contributed by atoms with van der Waals surface area (Å²) < 4.78 is 13.0. The van der Waals surface area contributed by atoms with Crippen molar-refractivity contribution in [2.75, 3.05) is 27.2 Å². The number of rotatable bonds is 4. The van der Waals surface area contributed by atoms with Crippen molar-refractivity contribution < 1.29 is 4.39 Å². The number of nitrogens with one attached hydrogen (secondary N) is 1. The second-order valence-electron chi connectivity index (χ2n) is 5.90. The number of H-pyrrole nitrogens is 1. The molecule has 1 fully saturated rings. The first-order chi connectivity index (χ1) is 10.1. The van der Waals surface area contributed by atoms with E-state index in [2.05, 4.69) is 34.1 Å². The molecule has 112 valence electrons. The molecule has 1 saturated heterocycles. The first kappa shape index (κ1) is 14.2. The monoisotopic (exact) mass is 288 g/mol. The number of halogens is 1. The van der Waals surface area contributed by atoms with Crippen LogP contribution in [0.15, 0.2) is 30.5 Å². The van der Waals surface area contributed by atoms with Crippen molar-refractivity contribution in [2.24, 2.45) is 0 Å². The highest BCUT2D eigenvalue weighted by Crippen LogP contribution is 2.24. The fraction of sp³-hybridized carbons (Fsp3) is 0.438. The van der Waals surface area contributed by atoms with Gasteiger partial charge in [0, 0.05) is 30.3 Å². The van der Waals surface area contributed by atoms with Gasteiger partial charge in [-0.3, -0.25) is 10.00 Å². The Labute approximate surface area is 124 Å². The lowest BCUT2D eigenvalue weighted by molar-refractivity contribution is 0.234. The van der Waals surface area contributed by atoms with Crippen LogP contribution in [-0.2, 0) is 6.54 Å². The topological polar surface area (TPSA) is 35.2 Å². The van der Waals surface area contributed by atoms with Gasteiger partial charge in [0.2, 0.25) is 0 Å². The molecule has 0 saturated carbocycles. The zero-order valence-electron chi connectivity index (χ0n) is 12.5. The molecule has 0 unspecified atom stereocenters. The van der Waals surface area contributed by atoms with E-state index in [0.717, 1.165) is 36.5 Å². The molecule has 3 rings (SSSR count). The van der Waals surface area contributed by atoms with Crippen molar-refractivity contribution in [3.05, 3.63) is 41.8 Å². The van der Waals surface area contributed by atoms with E-state index >= 15 is 0 Å². The number of likely N-dealkylation sites (N-methyl/N-ethyl adjacent to an activating group) is 2. The van der Waals surface area contributed by atoms with Crippen molar-refractivity contribution >= 4 is 0 Å². The van der Waals surface area contributed by atoms with Crippen LogP contribution in [0.5, 0.6) is 0 Å². The summed E-state index contributed by atoms with van der Waals surface area (Å²) in [6, 6.07) is 7.13. The van der Waals surface area contributed by atoms with Crippen molar-refractivity contribution in [2.45, 2.75) is 19.0 Å². The first-order valence-electron chi connectivity index (χ1n) is 7.30. The predicted molar refractivity (Wildman–Crippen MR) is 81.4 cm³/mol. The molecule has 1 aromatic carbocycles. The molecule has 0 aliphatic carbocycles. The Morgan fingerprint density at radius 3 is 2.81 bits per heavy atom. The molecular formula is C16H21FN4. The predicted octanol–water partition coefficient (Wildman–Crippen LogP) is 2.35. The third kappa shape index (κ3) is 3.14. The van der Waals surface area contributed by atoms with E-state index in [9.17, 15) is 4.39 Å². The summed E-state index contributed by atoms with van der Waals surface area (Å²) in [5.41, 5.74) is 3.10. The minimum Gasteiger partial charge on any atom is -0.305 e. The lowest BCUT2D eigenvalue weighted by atomic mass is 10.1. The van der Waals surface area contributed by atoms with E-state index < -0.39 is 0 Å². The standard InChI is InChI=1S/C16H21FN4/c1-20-8-7-15(11-20)21(2)10-13-9-18-19-16(13)12-3-5-14(17)6-4-12/h3-6,9,15H,7-8,10-11H2,1-2H3,(H,18,19)/t15-/m0/s1. The van der Waals surface area contributed by atoms with Gasteiger partial charge in [0.05, 0.1) is 11.9 Å². The minimum absolute atomic E-state index is 0.217. The molecular weight excluding hydrogens is 267 g/mol. The highest BCUT2D eigenvalue weighted by Gasteiger charge is 2.24. The zero-order valence-corrected chi connectivity index (χ0v) is 12.5. The van der Waals surface area contributed by atoms with Gasteiger partial charge in [-0.1, -0.05) is 0 Å². The van der Waals surface area contributed by atoms with Crippen molar-refractivity contribution in [3.8, 4) is 11.3 Å². The van der Waals surface area contributed by atoms with Gasteiger partial charge in [0.15, 0.2) is 0 Å². The Hall–Kier alpha value is -1.72. The number of likely N-dealkylation sites (tertiary alicyclic amines) is 1. The van der Waals surface area contributed by atoms with Gasteiger partial charge in [0.25, 0.3) is 0 Å². The number of nitrogens with zero attached hydrogens (tertiary/aromatic N) is 3. The maximum absolute atomic E-state index is 13.0. The van der Waals surface area contributed by atoms with Crippen LogP contribution in [0.25, 0.3) is 11.3 Å². The average molecular weight is 288 g/mol. The molecule has 0 amide bonds. The molecule has 1 aliphatic heterocycles. The number of aromatic amines is 1. The Balaban J connectivity index is 1.75. The van der Waals surface area contributed by atoms with Gasteiger partial charge in [-0.2, -0.15) is 5.10 Å². The summed E-state index contributed by atoms with van der Waals surface area (Å²) in [4.78, 5) is 4.73. The number of aromatic nitrogens is 2. The molecule has 0 bridgehead atoms. The molecule has 2 aromatic rings. The van der Waals surface area contributed by atoms with Crippen molar-refractivity contribution in [1.29, 1.82) is 0 Å². The molecule has 1 N–H and O–H groups in total. The SMILES string of the molecule is CN1CC[C@H](N(C)Cc2cn[nH]c2-c2ccc(F)cc2)C1. The summed E-state index contributed by atoms with van der Waals surface area (Å²) in [7, 11) is 4.32. The normalized spacial score (nSPS) is 19.5. The summed E-state index contributed by atoms with van der Waals surface area (Å²) >= 11 is 0. The van der Waals surface area contributed by atoms with E-state index in [0.29, 0.717) is 6.04 Å².